The van der Waals surface area contributed by atoms with Gasteiger partial charge in [-0.3, -0.25) is 4.79 Å². The lowest BCUT2D eigenvalue weighted by atomic mass is 9.98. The molecule has 3 aliphatic rings. The van der Waals surface area contributed by atoms with E-state index in [4.69, 9.17) is 14.6 Å². The quantitative estimate of drug-likeness (QED) is 0.602. The first-order chi connectivity index (χ1) is 16.1. The summed E-state index contributed by atoms with van der Waals surface area (Å²) in [5, 5.41) is 12.5. The Kier molecular flexibility index (Phi) is 8.95. The first-order valence-electron chi connectivity index (χ1n) is 12.0. The third-order valence-electron chi connectivity index (χ3n) is 6.62. The molecule has 3 saturated heterocycles. The van der Waals surface area contributed by atoms with Crippen LogP contribution in [0, 0.1) is 0 Å². The zero-order valence-corrected chi connectivity index (χ0v) is 20.6. The number of amides is 1. The molecule has 0 unspecified atom stereocenters. The average Bonchev–Trinajstić information content (AvgIpc) is 3.57. The van der Waals surface area contributed by atoms with Crippen LogP contribution in [-0.4, -0.2) is 61.4 Å². The number of carbonyl (C=O) groups is 2. The molecule has 33 heavy (non-hydrogen) atoms. The standard InChI is InChI=1S/C15H21NO2S.C10H12O3S/c17-15(16-6-2-1-3-7-16)13-10-14(19-11-13)12-4-8-18-9-5-12;11-10(12)8-5-9(14-6-8)7-1-3-13-4-2-7/h10-12H,1-9H2;5-7H,1-4H2,(H,11,12). The van der Waals surface area contributed by atoms with Crippen LogP contribution >= 0.6 is 22.7 Å². The molecule has 1 N–H and O–H groups in total. The highest BCUT2D eigenvalue weighted by atomic mass is 32.1. The number of carboxylic acid groups (broad SMARTS) is 1. The van der Waals surface area contributed by atoms with Crippen LogP contribution in [0.2, 0.25) is 0 Å². The summed E-state index contributed by atoms with van der Waals surface area (Å²) < 4.78 is 10.7. The Balaban J connectivity index is 0.000000165. The predicted molar refractivity (Wildman–Crippen MR) is 131 cm³/mol. The van der Waals surface area contributed by atoms with Crippen LogP contribution in [-0.2, 0) is 9.47 Å². The van der Waals surface area contributed by atoms with E-state index >= 15 is 0 Å². The van der Waals surface area contributed by atoms with E-state index in [-0.39, 0.29) is 5.91 Å². The molecule has 0 spiro atoms. The van der Waals surface area contributed by atoms with Gasteiger partial charge in [0.2, 0.25) is 0 Å². The molecule has 0 aromatic carbocycles. The Morgan fingerprint density at radius 1 is 0.788 bits per heavy atom. The Morgan fingerprint density at radius 2 is 1.27 bits per heavy atom. The molecule has 2 aromatic rings. The van der Waals surface area contributed by atoms with Crippen molar-refractivity contribution < 1.29 is 24.2 Å². The normalized spacial score (nSPS) is 20.2. The fourth-order valence-corrected chi connectivity index (χ4v) is 6.71. The monoisotopic (exact) mass is 491 g/mol. The largest absolute Gasteiger partial charge is 0.478 e. The van der Waals surface area contributed by atoms with Crippen LogP contribution in [0.15, 0.2) is 22.9 Å². The van der Waals surface area contributed by atoms with Crippen LogP contribution in [0.5, 0.6) is 0 Å². The number of rotatable bonds is 4. The highest BCUT2D eigenvalue weighted by Crippen LogP contribution is 2.33. The fourth-order valence-electron chi connectivity index (χ4n) is 4.60. The summed E-state index contributed by atoms with van der Waals surface area (Å²) in [6.45, 7) is 5.18. The SMILES string of the molecule is O=C(O)c1csc(C2CCOCC2)c1.O=C(c1csc(C2CCOCC2)c1)N1CCCCC1. The maximum Gasteiger partial charge on any atom is 0.336 e. The second-order valence-electron chi connectivity index (χ2n) is 8.91. The molecule has 2 aromatic heterocycles. The van der Waals surface area contributed by atoms with Crippen molar-refractivity contribution in [3.8, 4) is 0 Å². The summed E-state index contributed by atoms with van der Waals surface area (Å²) in [5.74, 6) is 0.498. The highest BCUT2D eigenvalue weighted by Gasteiger charge is 2.23. The maximum atomic E-state index is 12.4. The molecule has 0 saturated carbocycles. The minimum atomic E-state index is -0.834. The molecule has 0 radical (unpaired) electrons. The second kappa shape index (κ2) is 12.1. The lowest BCUT2D eigenvalue weighted by Crippen LogP contribution is -2.35. The van der Waals surface area contributed by atoms with Crippen molar-refractivity contribution in [2.75, 3.05) is 39.5 Å². The third kappa shape index (κ3) is 6.66. The van der Waals surface area contributed by atoms with Crippen LogP contribution < -0.4 is 0 Å². The topological polar surface area (TPSA) is 76.1 Å². The van der Waals surface area contributed by atoms with Crippen molar-refractivity contribution in [2.24, 2.45) is 0 Å². The van der Waals surface area contributed by atoms with Crippen molar-refractivity contribution in [1.29, 1.82) is 0 Å². The number of carboxylic acids is 1. The van der Waals surface area contributed by atoms with E-state index in [1.807, 2.05) is 10.3 Å². The number of likely N-dealkylation sites (tertiary alicyclic amines) is 1. The molecule has 5 heterocycles. The van der Waals surface area contributed by atoms with Gasteiger partial charge in [0.25, 0.3) is 5.91 Å². The van der Waals surface area contributed by atoms with Gasteiger partial charge in [-0.25, -0.2) is 4.79 Å². The summed E-state index contributed by atoms with van der Waals surface area (Å²) in [6.07, 6.45) is 7.79. The Hall–Kier alpha value is -1.74. The number of aromatic carboxylic acids is 1. The number of nitrogens with zero attached hydrogens (tertiary/aromatic N) is 1. The van der Waals surface area contributed by atoms with Crippen molar-refractivity contribution in [3.63, 3.8) is 0 Å². The number of hydrogen-bond acceptors (Lipinski definition) is 6. The third-order valence-corrected chi connectivity index (χ3v) is 8.81. The van der Waals surface area contributed by atoms with Crippen LogP contribution in [0.25, 0.3) is 0 Å². The minimum absolute atomic E-state index is 0.231. The van der Waals surface area contributed by atoms with Crippen molar-refractivity contribution in [1.82, 2.24) is 4.90 Å². The summed E-state index contributed by atoms with van der Waals surface area (Å²) in [5.41, 5.74) is 1.31. The molecule has 1 amide bonds. The number of carbonyl (C=O) groups excluding carboxylic acids is 1. The van der Waals surface area contributed by atoms with Gasteiger partial charge in [-0.05, 0) is 68.9 Å². The molecule has 180 valence electrons. The van der Waals surface area contributed by atoms with E-state index in [0.29, 0.717) is 17.4 Å². The Labute approximate surface area is 203 Å². The van der Waals surface area contributed by atoms with Gasteiger partial charge in [-0.15, -0.1) is 22.7 Å². The molecular weight excluding hydrogens is 458 g/mol. The molecule has 5 rings (SSSR count). The lowest BCUT2D eigenvalue weighted by molar-refractivity contribution is 0.0694. The molecule has 8 heteroatoms. The number of thiophene rings is 2. The zero-order chi connectivity index (χ0) is 23.0. The number of piperidine rings is 1. The van der Waals surface area contributed by atoms with Crippen LogP contribution in [0.3, 0.4) is 0 Å². The Bertz CT molecular complexity index is 906. The van der Waals surface area contributed by atoms with Crippen molar-refractivity contribution in [2.45, 2.75) is 56.8 Å². The zero-order valence-electron chi connectivity index (χ0n) is 19.0. The van der Waals surface area contributed by atoms with Crippen LogP contribution in [0.4, 0.5) is 0 Å². The van der Waals surface area contributed by atoms with E-state index in [2.05, 4.69) is 6.07 Å². The van der Waals surface area contributed by atoms with Crippen LogP contribution in [0.1, 0.15) is 87.3 Å². The van der Waals surface area contributed by atoms with Gasteiger partial charge in [0.05, 0.1) is 11.1 Å². The number of hydrogen-bond donors (Lipinski definition) is 1. The summed E-state index contributed by atoms with van der Waals surface area (Å²) in [6, 6.07) is 3.92. The van der Waals surface area contributed by atoms with E-state index in [1.165, 1.54) is 16.2 Å². The summed E-state index contributed by atoms with van der Waals surface area (Å²) in [7, 11) is 0. The highest BCUT2D eigenvalue weighted by molar-refractivity contribution is 7.10. The molecule has 6 nitrogen and oxygen atoms in total. The average molecular weight is 492 g/mol. The van der Waals surface area contributed by atoms with Gasteiger partial charge in [0, 0.05) is 60.0 Å². The van der Waals surface area contributed by atoms with Crippen molar-refractivity contribution in [3.05, 3.63) is 43.8 Å². The van der Waals surface area contributed by atoms with Gasteiger partial charge in [0.15, 0.2) is 0 Å². The minimum Gasteiger partial charge on any atom is -0.478 e. The van der Waals surface area contributed by atoms with Gasteiger partial charge < -0.3 is 19.5 Å². The number of ether oxygens (including phenoxy) is 2. The predicted octanol–water partition coefficient (Wildman–Crippen LogP) is 5.61. The van der Waals surface area contributed by atoms with Crippen molar-refractivity contribution >= 4 is 34.6 Å². The van der Waals surface area contributed by atoms with E-state index < -0.39 is 5.97 Å². The fraction of sp³-hybridized carbons (Fsp3) is 0.600. The van der Waals surface area contributed by atoms with E-state index in [9.17, 15) is 9.59 Å². The van der Waals surface area contributed by atoms with Gasteiger partial charge >= 0.3 is 5.97 Å². The Morgan fingerprint density at radius 3 is 1.76 bits per heavy atom. The van der Waals surface area contributed by atoms with Gasteiger partial charge in [-0.2, -0.15) is 0 Å². The van der Waals surface area contributed by atoms with Gasteiger partial charge in [0.1, 0.15) is 0 Å². The molecular formula is C25H33NO5S2. The first-order valence-corrected chi connectivity index (χ1v) is 13.7. The lowest BCUT2D eigenvalue weighted by Gasteiger charge is -2.26. The molecule has 3 fully saturated rings. The second-order valence-corrected chi connectivity index (χ2v) is 10.8. The summed E-state index contributed by atoms with van der Waals surface area (Å²) >= 11 is 3.29. The molecule has 0 bridgehead atoms. The maximum absolute atomic E-state index is 12.4. The molecule has 3 aliphatic heterocycles. The van der Waals surface area contributed by atoms with E-state index in [0.717, 1.165) is 83.6 Å². The molecule has 0 atom stereocenters. The van der Waals surface area contributed by atoms with E-state index in [1.54, 1.807) is 34.1 Å². The smallest absolute Gasteiger partial charge is 0.336 e. The molecule has 0 aliphatic carbocycles. The first kappa shape index (κ1) is 24.4. The van der Waals surface area contributed by atoms with Gasteiger partial charge in [-0.1, -0.05) is 0 Å². The summed E-state index contributed by atoms with van der Waals surface area (Å²) in [4.78, 5) is 27.6.